The third-order valence-corrected chi connectivity index (χ3v) is 3.31. The Morgan fingerprint density at radius 1 is 1.50 bits per heavy atom. The highest BCUT2D eigenvalue weighted by Gasteiger charge is 2.22. The number of carboxylic acids is 1. The van der Waals surface area contributed by atoms with Gasteiger partial charge in [-0.2, -0.15) is 0 Å². The summed E-state index contributed by atoms with van der Waals surface area (Å²) >= 11 is 0.887. The van der Waals surface area contributed by atoms with Crippen LogP contribution in [0.15, 0.2) is 17.0 Å². The SMILES string of the molecule is COC(=O)CCSc1cc(C(=O)O)c(F)cc1[N+](=O)[O-]. The van der Waals surface area contributed by atoms with Crippen LogP contribution in [0.25, 0.3) is 0 Å². The number of esters is 1. The van der Waals surface area contributed by atoms with Crippen molar-refractivity contribution in [3.63, 3.8) is 0 Å². The Bertz CT molecular complexity index is 562. The molecule has 0 aliphatic carbocycles. The fraction of sp³-hybridized carbons (Fsp3) is 0.273. The van der Waals surface area contributed by atoms with E-state index in [1.807, 2.05) is 0 Å². The van der Waals surface area contributed by atoms with Gasteiger partial charge in [0.25, 0.3) is 5.69 Å². The van der Waals surface area contributed by atoms with Crippen LogP contribution in [0.3, 0.4) is 0 Å². The zero-order valence-corrected chi connectivity index (χ0v) is 11.1. The monoisotopic (exact) mass is 303 g/mol. The summed E-state index contributed by atoms with van der Waals surface area (Å²) in [5.74, 6) is -3.05. The number of benzene rings is 1. The molecule has 0 fully saturated rings. The van der Waals surface area contributed by atoms with Gasteiger partial charge >= 0.3 is 11.9 Å². The third kappa shape index (κ3) is 3.92. The van der Waals surface area contributed by atoms with Crippen molar-refractivity contribution < 1.29 is 28.7 Å². The van der Waals surface area contributed by atoms with Crippen molar-refractivity contribution in [3.05, 3.63) is 33.6 Å². The first-order valence-electron chi connectivity index (χ1n) is 5.27. The lowest BCUT2D eigenvalue weighted by molar-refractivity contribution is -0.387. The van der Waals surface area contributed by atoms with Gasteiger partial charge in [-0.05, 0) is 6.07 Å². The summed E-state index contributed by atoms with van der Waals surface area (Å²) in [6.07, 6.45) is -0.00188. The summed E-state index contributed by atoms with van der Waals surface area (Å²) in [6, 6.07) is 1.45. The number of nitrogens with zero attached hydrogens (tertiary/aromatic N) is 1. The molecule has 20 heavy (non-hydrogen) atoms. The summed E-state index contributed by atoms with van der Waals surface area (Å²) in [5, 5.41) is 19.6. The molecular formula is C11H10FNO6S. The summed E-state index contributed by atoms with van der Waals surface area (Å²) < 4.78 is 17.8. The van der Waals surface area contributed by atoms with Crippen LogP contribution >= 0.6 is 11.8 Å². The van der Waals surface area contributed by atoms with Crippen molar-refractivity contribution in [2.75, 3.05) is 12.9 Å². The van der Waals surface area contributed by atoms with Crippen LogP contribution < -0.4 is 0 Å². The van der Waals surface area contributed by atoms with E-state index in [0.717, 1.165) is 17.8 Å². The molecule has 0 aliphatic rings. The van der Waals surface area contributed by atoms with Gasteiger partial charge in [0.1, 0.15) is 5.82 Å². The quantitative estimate of drug-likeness (QED) is 0.371. The van der Waals surface area contributed by atoms with Gasteiger partial charge in [0.15, 0.2) is 0 Å². The van der Waals surface area contributed by atoms with Crippen molar-refractivity contribution in [1.82, 2.24) is 0 Å². The predicted molar refractivity (Wildman–Crippen MR) is 67.4 cm³/mol. The van der Waals surface area contributed by atoms with Crippen molar-refractivity contribution in [2.24, 2.45) is 0 Å². The first-order valence-corrected chi connectivity index (χ1v) is 6.26. The highest BCUT2D eigenvalue weighted by molar-refractivity contribution is 7.99. The second-order valence-electron chi connectivity index (χ2n) is 3.54. The number of carbonyl (C=O) groups excluding carboxylic acids is 1. The minimum absolute atomic E-state index is 0.00188. The van der Waals surface area contributed by atoms with Crippen LogP contribution in [0.5, 0.6) is 0 Å². The molecule has 108 valence electrons. The number of methoxy groups -OCH3 is 1. The molecular weight excluding hydrogens is 293 g/mol. The molecule has 0 amide bonds. The largest absolute Gasteiger partial charge is 0.478 e. The van der Waals surface area contributed by atoms with Crippen LogP contribution in [0.4, 0.5) is 10.1 Å². The zero-order valence-electron chi connectivity index (χ0n) is 10.3. The Morgan fingerprint density at radius 3 is 2.65 bits per heavy atom. The molecule has 0 saturated heterocycles. The lowest BCUT2D eigenvalue weighted by Crippen LogP contribution is -2.04. The maximum absolute atomic E-state index is 13.4. The summed E-state index contributed by atoms with van der Waals surface area (Å²) in [6.45, 7) is 0. The molecule has 1 aromatic carbocycles. The number of hydrogen-bond donors (Lipinski definition) is 1. The molecule has 0 heterocycles. The first-order chi connectivity index (χ1) is 9.36. The van der Waals surface area contributed by atoms with Crippen LogP contribution in [0, 0.1) is 15.9 Å². The number of halogens is 1. The smallest absolute Gasteiger partial charge is 0.338 e. The van der Waals surface area contributed by atoms with Gasteiger partial charge in [-0.15, -0.1) is 11.8 Å². The fourth-order valence-electron chi connectivity index (χ4n) is 1.31. The molecule has 0 saturated carbocycles. The minimum Gasteiger partial charge on any atom is -0.478 e. The molecule has 7 nitrogen and oxygen atoms in total. The topological polar surface area (TPSA) is 107 Å². The zero-order chi connectivity index (χ0) is 15.3. The van der Waals surface area contributed by atoms with E-state index in [4.69, 9.17) is 5.11 Å². The van der Waals surface area contributed by atoms with Crippen LogP contribution in [0.2, 0.25) is 0 Å². The Morgan fingerprint density at radius 2 is 2.15 bits per heavy atom. The number of nitro groups is 1. The third-order valence-electron chi connectivity index (χ3n) is 2.27. The number of carboxylic acid groups (broad SMARTS) is 1. The average Bonchev–Trinajstić information content (AvgIpc) is 2.39. The van der Waals surface area contributed by atoms with E-state index in [0.29, 0.717) is 6.07 Å². The van der Waals surface area contributed by atoms with E-state index in [2.05, 4.69) is 4.74 Å². The first kappa shape index (κ1) is 15.9. The van der Waals surface area contributed by atoms with Gasteiger partial charge in [-0.3, -0.25) is 14.9 Å². The fourth-order valence-corrected chi connectivity index (χ4v) is 2.28. The van der Waals surface area contributed by atoms with Crippen molar-refractivity contribution in [3.8, 4) is 0 Å². The van der Waals surface area contributed by atoms with E-state index in [-0.39, 0.29) is 17.1 Å². The molecule has 0 unspecified atom stereocenters. The van der Waals surface area contributed by atoms with Crippen molar-refractivity contribution >= 4 is 29.4 Å². The van der Waals surface area contributed by atoms with Gasteiger partial charge < -0.3 is 9.84 Å². The number of ether oxygens (including phenoxy) is 1. The highest BCUT2D eigenvalue weighted by Crippen LogP contribution is 2.32. The van der Waals surface area contributed by atoms with Crippen LogP contribution in [-0.2, 0) is 9.53 Å². The summed E-state index contributed by atoms with van der Waals surface area (Å²) in [4.78, 5) is 31.7. The molecule has 0 atom stereocenters. The molecule has 1 aromatic rings. The average molecular weight is 303 g/mol. The van der Waals surface area contributed by atoms with Gasteiger partial charge in [0, 0.05) is 5.75 Å². The number of hydrogen-bond acceptors (Lipinski definition) is 6. The highest BCUT2D eigenvalue weighted by atomic mass is 32.2. The lowest BCUT2D eigenvalue weighted by atomic mass is 10.2. The maximum atomic E-state index is 13.4. The van der Waals surface area contributed by atoms with E-state index in [9.17, 15) is 24.1 Å². The normalized spacial score (nSPS) is 10.1. The lowest BCUT2D eigenvalue weighted by Gasteiger charge is -2.05. The van der Waals surface area contributed by atoms with Crippen molar-refractivity contribution in [2.45, 2.75) is 11.3 Å². The Hall–Kier alpha value is -2.16. The Labute approximate surface area is 116 Å². The summed E-state index contributed by atoms with van der Waals surface area (Å²) in [7, 11) is 1.20. The predicted octanol–water partition coefficient (Wildman–Crippen LogP) is 2.09. The van der Waals surface area contributed by atoms with Gasteiger partial charge in [-0.25, -0.2) is 9.18 Å². The maximum Gasteiger partial charge on any atom is 0.338 e. The van der Waals surface area contributed by atoms with Crippen LogP contribution in [0.1, 0.15) is 16.8 Å². The number of nitro benzene ring substituents is 1. The number of carbonyl (C=O) groups is 2. The van der Waals surface area contributed by atoms with E-state index < -0.39 is 33.9 Å². The number of thioether (sulfide) groups is 1. The molecule has 9 heteroatoms. The van der Waals surface area contributed by atoms with E-state index in [1.54, 1.807) is 0 Å². The second-order valence-corrected chi connectivity index (χ2v) is 4.67. The molecule has 0 bridgehead atoms. The summed E-state index contributed by atoms with van der Waals surface area (Å²) in [5.41, 5.74) is -1.20. The van der Waals surface area contributed by atoms with Gasteiger partial charge in [0.2, 0.25) is 0 Å². The molecule has 0 aliphatic heterocycles. The Kier molecular flexibility index (Phi) is 5.44. The van der Waals surface area contributed by atoms with Gasteiger partial charge in [0.05, 0.1) is 35.0 Å². The molecule has 0 radical (unpaired) electrons. The number of aromatic carboxylic acids is 1. The molecule has 0 aromatic heterocycles. The molecule has 1 rings (SSSR count). The van der Waals surface area contributed by atoms with Crippen molar-refractivity contribution in [1.29, 1.82) is 0 Å². The second kappa shape index (κ2) is 6.85. The Balaban J connectivity index is 3.02. The molecule has 1 N–H and O–H groups in total. The standard InChI is InChI=1S/C11H10FNO6S/c1-19-10(14)2-3-20-9-4-6(11(15)16)7(12)5-8(9)13(17)18/h4-5H,2-3H2,1H3,(H,15,16). The van der Waals surface area contributed by atoms with Crippen LogP contribution in [-0.4, -0.2) is 34.8 Å². The van der Waals surface area contributed by atoms with Gasteiger partial charge in [-0.1, -0.05) is 0 Å². The number of rotatable bonds is 6. The molecule has 0 spiro atoms. The van der Waals surface area contributed by atoms with E-state index in [1.165, 1.54) is 7.11 Å². The van der Waals surface area contributed by atoms with E-state index >= 15 is 0 Å². The minimum atomic E-state index is -1.52.